The first-order valence-electron chi connectivity index (χ1n) is 7.18. The number of rotatable bonds is 7. The quantitative estimate of drug-likeness (QED) is 0.231. The third kappa shape index (κ3) is 6.01. The number of nitro benzene ring substituents is 1. The molecule has 0 bridgehead atoms. The second-order valence-electron chi connectivity index (χ2n) is 5.01. The number of amidine groups is 1. The van der Waals surface area contributed by atoms with Crippen LogP contribution in [0.3, 0.4) is 0 Å². The van der Waals surface area contributed by atoms with Crippen LogP contribution in [-0.4, -0.2) is 23.3 Å². The molecule has 136 valence electrons. The highest BCUT2D eigenvalue weighted by Crippen LogP contribution is 2.27. The molecule has 0 radical (unpaired) electrons. The zero-order valence-corrected chi connectivity index (χ0v) is 15.6. The molecule has 0 aliphatic rings. The standard InChI is InChI=1S/C16H13BrClN3O5/c17-11-3-6-14(13(18)8-11)25-9-16(22)26-20-15(19)7-10-1-4-12(5-2-10)21(23)24/h1-6,8H,7,9H2,(H2,19,20). The van der Waals surface area contributed by atoms with Crippen molar-refractivity contribution in [2.75, 3.05) is 6.61 Å². The molecule has 2 aromatic rings. The van der Waals surface area contributed by atoms with Gasteiger partial charge in [-0.3, -0.25) is 10.1 Å². The summed E-state index contributed by atoms with van der Waals surface area (Å²) in [5, 5.41) is 14.4. The van der Waals surface area contributed by atoms with Crippen molar-refractivity contribution >= 4 is 45.0 Å². The number of hydrogen-bond acceptors (Lipinski definition) is 6. The first-order chi connectivity index (χ1) is 12.3. The smallest absolute Gasteiger partial charge is 0.372 e. The Kier molecular flexibility index (Phi) is 6.93. The van der Waals surface area contributed by atoms with E-state index in [0.29, 0.717) is 16.3 Å². The molecule has 2 rings (SSSR count). The molecule has 8 nitrogen and oxygen atoms in total. The van der Waals surface area contributed by atoms with Crippen molar-refractivity contribution in [1.29, 1.82) is 0 Å². The van der Waals surface area contributed by atoms with Gasteiger partial charge < -0.3 is 15.3 Å². The maximum atomic E-state index is 11.6. The minimum absolute atomic E-state index is 0.0283. The fraction of sp³-hybridized carbons (Fsp3) is 0.125. The average molecular weight is 443 g/mol. The largest absolute Gasteiger partial charge is 0.480 e. The molecule has 0 aliphatic carbocycles. The van der Waals surface area contributed by atoms with Crippen molar-refractivity contribution in [1.82, 2.24) is 0 Å². The van der Waals surface area contributed by atoms with E-state index in [1.807, 2.05) is 0 Å². The summed E-state index contributed by atoms with van der Waals surface area (Å²) in [5.74, 6) is -0.390. The van der Waals surface area contributed by atoms with Crippen LogP contribution >= 0.6 is 27.5 Å². The maximum Gasteiger partial charge on any atom is 0.372 e. The predicted molar refractivity (Wildman–Crippen MR) is 99.2 cm³/mol. The Labute approximate surface area is 161 Å². The molecular weight excluding hydrogens is 430 g/mol. The van der Waals surface area contributed by atoms with Crippen molar-refractivity contribution in [3.63, 3.8) is 0 Å². The van der Waals surface area contributed by atoms with Gasteiger partial charge in [-0.15, -0.1) is 0 Å². The number of nitro groups is 1. The van der Waals surface area contributed by atoms with Crippen molar-refractivity contribution in [2.24, 2.45) is 10.9 Å². The van der Waals surface area contributed by atoms with Crippen molar-refractivity contribution in [2.45, 2.75) is 6.42 Å². The zero-order chi connectivity index (χ0) is 19.1. The van der Waals surface area contributed by atoms with Gasteiger partial charge in [0.05, 0.1) is 9.95 Å². The van der Waals surface area contributed by atoms with Crippen LogP contribution in [-0.2, 0) is 16.1 Å². The number of ether oxygens (including phenoxy) is 1. The van der Waals surface area contributed by atoms with Gasteiger partial charge in [0.1, 0.15) is 11.6 Å². The maximum absolute atomic E-state index is 11.6. The van der Waals surface area contributed by atoms with E-state index in [1.54, 1.807) is 30.3 Å². The average Bonchev–Trinajstić information content (AvgIpc) is 2.59. The SMILES string of the molecule is NC(Cc1ccc([N+](=O)[O-])cc1)=NOC(=O)COc1ccc(Br)cc1Cl. The number of nitrogens with two attached hydrogens (primary N) is 1. The summed E-state index contributed by atoms with van der Waals surface area (Å²) in [5.41, 5.74) is 6.33. The van der Waals surface area contributed by atoms with Gasteiger partial charge in [0.25, 0.3) is 5.69 Å². The van der Waals surface area contributed by atoms with E-state index >= 15 is 0 Å². The topological polar surface area (TPSA) is 117 Å². The van der Waals surface area contributed by atoms with E-state index in [2.05, 4.69) is 25.9 Å². The van der Waals surface area contributed by atoms with Crippen molar-refractivity contribution in [3.8, 4) is 5.75 Å². The summed E-state index contributed by atoms with van der Waals surface area (Å²) in [4.78, 5) is 26.4. The lowest BCUT2D eigenvalue weighted by atomic mass is 10.1. The van der Waals surface area contributed by atoms with Gasteiger partial charge in [0, 0.05) is 23.0 Å². The third-order valence-electron chi connectivity index (χ3n) is 3.04. The Balaban J connectivity index is 1.83. The second-order valence-corrected chi connectivity index (χ2v) is 6.33. The van der Waals surface area contributed by atoms with Crippen LogP contribution in [0.15, 0.2) is 52.1 Å². The third-order valence-corrected chi connectivity index (χ3v) is 3.83. The lowest BCUT2D eigenvalue weighted by molar-refractivity contribution is -0.384. The van der Waals surface area contributed by atoms with Crippen LogP contribution in [0.5, 0.6) is 5.75 Å². The van der Waals surface area contributed by atoms with Gasteiger partial charge in [0.15, 0.2) is 6.61 Å². The van der Waals surface area contributed by atoms with Crippen LogP contribution in [0, 0.1) is 10.1 Å². The Hall–Kier alpha value is -2.65. The Morgan fingerprint density at radius 3 is 2.58 bits per heavy atom. The number of carbonyl (C=O) groups excluding carboxylic acids is 1. The van der Waals surface area contributed by atoms with E-state index in [-0.39, 0.29) is 17.9 Å². The zero-order valence-electron chi connectivity index (χ0n) is 13.2. The van der Waals surface area contributed by atoms with Gasteiger partial charge >= 0.3 is 5.97 Å². The van der Waals surface area contributed by atoms with Crippen molar-refractivity contribution in [3.05, 3.63) is 67.6 Å². The predicted octanol–water partition coefficient (Wildman–Crippen LogP) is 3.45. The van der Waals surface area contributed by atoms with Crippen LogP contribution < -0.4 is 10.5 Å². The highest BCUT2D eigenvalue weighted by Gasteiger charge is 2.09. The van der Waals surface area contributed by atoms with E-state index in [9.17, 15) is 14.9 Å². The highest BCUT2D eigenvalue weighted by molar-refractivity contribution is 9.10. The molecule has 2 N–H and O–H groups in total. The summed E-state index contributed by atoms with van der Waals surface area (Å²) in [6.45, 7) is -0.393. The van der Waals surface area contributed by atoms with Crippen molar-refractivity contribution < 1.29 is 19.3 Å². The highest BCUT2D eigenvalue weighted by atomic mass is 79.9. The molecule has 0 aliphatic heterocycles. The normalized spacial score (nSPS) is 11.1. The molecule has 0 saturated carbocycles. The molecule has 0 fully saturated rings. The van der Waals surface area contributed by atoms with Gasteiger partial charge in [-0.25, -0.2) is 4.79 Å². The van der Waals surface area contributed by atoms with Crippen LogP contribution in [0.1, 0.15) is 5.56 Å². The Morgan fingerprint density at radius 1 is 1.27 bits per heavy atom. The molecule has 0 aromatic heterocycles. The monoisotopic (exact) mass is 441 g/mol. The lowest BCUT2D eigenvalue weighted by Gasteiger charge is -2.06. The van der Waals surface area contributed by atoms with E-state index < -0.39 is 17.5 Å². The number of oxime groups is 1. The number of halogens is 2. The Bertz CT molecular complexity index is 842. The molecular formula is C16H13BrClN3O5. The van der Waals surface area contributed by atoms with Crippen LogP contribution in [0.2, 0.25) is 5.02 Å². The van der Waals surface area contributed by atoms with Gasteiger partial charge in [-0.1, -0.05) is 44.8 Å². The molecule has 0 spiro atoms. The summed E-state index contributed by atoms with van der Waals surface area (Å²) < 4.78 is 6.02. The lowest BCUT2D eigenvalue weighted by Crippen LogP contribution is -2.19. The molecule has 0 saturated heterocycles. The minimum atomic E-state index is -0.754. The molecule has 0 amide bonds. The van der Waals surface area contributed by atoms with Gasteiger partial charge in [0.2, 0.25) is 0 Å². The first-order valence-corrected chi connectivity index (χ1v) is 8.35. The summed E-state index contributed by atoms with van der Waals surface area (Å²) in [7, 11) is 0. The minimum Gasteiger partial charge on any atom is -0.480 e. The molecule has 2 aromatic carbocycles. The fourth-order valence-electron chi connectivity index (χ4n) is 1.84. The number of benzene rings is 2. The molecule has 0 heterocycles. The van der Waals surface area contributed by atoms with E-state index in [0.717, 1.165) is 4.47 Å². The van der Waals surface area contributed by atoms with Gasteiger partial charge in [-0.05, 0) is 23.8 Å². The molecule has 0 unspecified atom stereocenters. The molecule has 10 heteroatoms. The summed E-state index contributed by atoms with van der Waals surface area (Å²) in [6, 6.07) is 10.7. The molecule has 26 heavy (non-hydrogen) atoms. The number of nitrogens with zero attached hydrogens (tertiary/aromatic N) is 2. The Morgan fingerprint density at radius 2 is 1.96 bits per heavy atom. The van der Waals surface area contributed by atoms with Crippen LogP contribution in [0.4, 0.5) is 5.69 Å². The number of hydrogen-bond donors (Lipinski definition) is 1. The van der Waals surface area contributed by atoms with Crippen LogP contribution in [0.25, 0.3) is 0 Å². The first kappa shape index (κ1) is 19.7. The van der Waals surface area contributed by atoms with Gasteiger partial charge in [-0.2, -0.15) is 0 Å². The molecule has 0 atom stereocenters. The second kappa shape index (κ2) is 9.16. The number of carbonyl (C=O) groups is 1. The van der Waals surface area contributed by atoms with E-state index in [4.69, 9.17) is 22.1 Å². The van der Waals surface area contributed by atoms with E-state index in [1.165, 1.54) is 12.1 Å². The summed E-state index contributed by atoms with van der Waals surface area (Å²) in [6.07, 6.45) is 0.171. The fourth-order valence-corrected chi connectivity index (χ4v) is 2.57. The number of non-ortho nitro benzene ring substituents is 1. The summed E-state index contributed by atoms with van der Waals surface area (Å²) >= 11 is 9.22.